The van der Waals surface area contributed by atoms with Crippen LogP contribution in [0.3, 0.4) is 0 Å². The van der Waals surface area contributed by atoms with E-state index in [0.29, 0.717) is 12.0 Å². The van der Waals surface area contributed by atoms with Gasteiger partial charge in [-0.05, 0) is 45.7 Å². The maximum Gasteiger partial charge on any atom is 0.306 e. The maximum absolute atomic E-state index is 10.8. The van der Waals surface area contributed by atoms with Crippen molar-refractivity contribution >= 4 is 5.97 Å². The van der Waals surface area contributed by atoms with Gasteiger partial charge in [0.15, 0.2) is 0 Å². The van der Waals surface area contributed by atoms with Crippen molar-refractivity contribution in [3.8, 4) is 0 Å². The van der Waals surface area contributed by atoms with Crippen molar-refractivity contribution in [2.24, 2.45) is 11.8 Å². The van der Waals surface area contributed by atoms with E-state index in [1.54, 1.807) is 0 Å². The molecular weight excluding hydrogens is 178 g/mol. The van der Waals surface area contributed by atoms with Crippen LogP contribution in [0.5, 0.6) is 0 Å². The number of piperidine rings is 1. The third-order valence-electron chi connectivity index (χ3n) is 3.40. The molecule has 0 amide bonds. The quantitative estimate of drug-likeness (QED) is 0.754. The van der Waals surface area contributed by atoms with Crippen LogP contribution in [0.2, 0.25) is 0 Å². The van der Waals surface area contributed by atoms with Gasteiger partial charge in [0.1, 0.15) is 0 Å². The van der Waals surface area contributed by atoms with Crippen LogP contribution in [0, 0.1) is 11.8 Å². The largest absolute Gasteiger partial charge is 0.481 e. The van der Waals surface area contributed by atoms with Gasteiger partial charge in [0.2, 0.25) is 0 Å². The Kier molecular flexibility index (Phi) is 3.93. The van der Waals surface area contributed by atoms with Gasteiger partial charge in [0.25, 0.3) is 0 Å². The first-order valence-electron chi connectivity index (χ1n) is 5.49. The average Bonchev–Trinajstić information content (AvgIpc) is 2.16. The molecule has 0 bridgehead atoms. The lowest BCUT2D eigenvalue weighted by atomic mass is 9.85. The van der Waals surface area contributed by atoms with Crippen LogP contribution in [-0.4, -0.2) is 35.1 Å². The molecule has 1 fully saturated rings. The molecule has 0 aliphatic carbocycles. The monoisotopic (exact) mass is 199 g/mol. The lowest BCUT2D eigenvalue weighted by Gasteiger charge is -2.35. The summed E-state index contributed by atoms with van der Waals surface area (Å²) in [5.41, 5.74) is 0. The normalized spacial score (nSPS) is 22.6. The number of hydrogen-bond acceptors (Lipinski definition) is 2. The molecule has 1 unspecified atom stereocenters. The van der Waals surface area contributed by atoms with Crippen LogP contribution in [0.25, 0.3) is 0 Å². The molecule has 1 rings (SSSR count). The summed E-state index contributed by atoms with van der Waals surface area (Å²) in [6, 6.07) is 0.594. The fourth-order valence-corrected chi connectivity index (χ4v) is 2.14. The molecule has 3 nitrogen and oxygen atoms in total. The van der Waals surface area contributed by atoms with Crippen molar-refractivity contribution in [3.05, 3.63) is 0 Å². The van der Waals surface area contributed by atoms with E-state index in [1.165, 1.54) is 0 Å². The first kappa shape index (κ1) is 11.5. The SMILES string of the molecule is CC(C(=O)O)C1CCN(C(C)C)CC1. The number of likely N-dealkylation sites (tertiary alicyclic amines) is 1. The highest BCUT2D eigenvalue weighted by molar-refractivity contribution is 5.69. The predicted molar refractivity (Wildman–Crippen MR) is 56.2 cm³/mol. The van der Waals surface area contributed by atoms with E-state index in [1.807, 2.05) is 6.92 Å². The summed E-state index contributed by atoms with van der Waals surface area (Å²) in [5.74, 6) is -0.445. The van der Waals surface area contributed by atoms with Gasteiger partial charge >= 0.3 is 5.97 Å². The molecule has 82 valence electrons. The van der Waals surface area contributed by atoms with E-state index < -0.39 is 5.97 Å². The number of carboxylic acids is 1. The fraction of sp³-hybridized carbons (Fsp3) is 0.909. The number of rotatable bonds is 3. The number of nitrogens with zero attached hydrogens (tertiary/aromatic N) is 1. The molecule has 0 radical (unpaired) electrons. The highest BCUT2D eigenvalue weighted by Gasteiger charge is 2.28. The molecule has 0 aromatic heterocycles. The molecule has 0 aromatic carbocycles. The van der Waals surface area contributed by atoms with Gasteiger partial charge in [0.05, 0.1) is 5.92 Å². The molecule has 1 N–H and O–H groups in total. The Hall–Kier alpha value is -0.570. The Morgan fingerprint density at radius 3 is 2.14 bits per heavy atom. The van der Waals surface area contributed by atoms with Crippen LogP contribution in [0.1, 0.15) is 33.6 Å². The molecule has 1 aliphatic rings. The van der Waals surface area contributed by atoms with Gasteiger partial charge < -0.3 is 10.0 Å². The number of aliphatic carboxylic acids is 1. The average molecular weight is 199 g/mol. The zero-order chi connectivity index (χ0) is 10.7. The second kappa shape index (κ2) is 4.78. The van der Waals surface area contributed by atoms with Crippen molar-refractivity contribution < 1.29 is 9.90 Å². The Balaban J connectivity index is 2.39. The zero-order valence-electron chi connectivity index (χ0n) is 9.36. The summed E-state index contributed by atoms with van der Waals surface area (Å²) in [7, 11) is 0. The Morgan fingerprint density at radius 2 is 1.79 bits per heavy atom. The topological polar surface area (TPSA) is 40.5 Å². The third kappa shape index (κ3) is 2.71. The summed E-state index contributed by atoms with van der Waals surface area (Å²) in [6.07, 6.45) is 2.07. The van der Waals surface area contributed by atoms with Gasteiger partial charge in [-0.2, -0.15) is 0 Å². The first-order valence-corrected chi connectivity index (χ1v) is 5.49. The molecule has 0 aromatic rings. The summed E-state index contributed by atoms with van der Waals surface area (Å²) >= 11 is 0. The van der Waals surface area contributed by atoms with Crippen LogP contribution in [0.15, 0.2) is 0 Å². The minimum absolute atomic E-state index is 0.177. The summed E-state index contributed by atoms with van der Waals surface area (Å²) in [6.45, 7) is 8.33. The highest BCUT2D eigenvalue weighted by atomic mass is 16.4. The standard InChI is InChI=1S/C11H21NO2/c1-8(2)12-6-4-10(5-7-12)9(3)11(13)14/h8-10H,4-7H2,1-3H3,(H,13,14). The molecule has 1 atom stereocenters. The van der Waals surface area contributed by atoms with Crippen LogP contribution >= 0.6 is 0 Å². The minimum Gasteiger partial charge on any atom is -0.481 e. The summed E-state index contributed by atoms with van der Waals surface area (Å²) in [5, 5.41) is 8.90. The third-order valence-corrected chi connectivity index (χ3v) is 3.40. The molecule has 14 heavy (non-hydrogen) atoms. The smallest absolute Gasteiger partial charge is 0.306 e. The maximum atomic E-state index is 10.8. The second-order valence-electron chi connectivity index (χ2n) is 4.59. The van der Waals surface area contributed by atoms with E-state index in [0.717, 1.165) is 25.9 Å². The van der Waals surface area contributed by atoms with E-state index in [4.69, 9.17) is 5.11 Å². The molecule has 1 aliphatic heterocycles. The molecular formula is C11H21NO2. The predicted octanol–water partition coefficient (Wildman–Crippen LogP) is 1.83. The second-order valence-corrected chi connectivity index (χ2v) is 4.59. The summed E-state index contributed by atoms with van der Waals surface area (Å²) in [4.78, 5) is 13.2. The van der Waals surface area contributed by atoms with Crippen LogP contribution < -0.4 is 0 Å². The van der Waals surface area contributed by atoms with Crippen molar-refractivity contribution in [3.63, 3.8) is 0 Å². The molecule has 0 spiro atoms. The number of carboxylic acid groups (broad SMARTS) is 1. The summed E-state index contributed by atoms with van der Waals surface area (Å²) < 4.78 is 0. The van der Waals surface area contributed by atoms with Crippen molar-refractivity contribution in [2.75, 3.05) is 13.1 Å². The highest BCUT2D eigenvalue weighted by Crippen LogP contribution is 2.25. The Morgan fingerprint density at radius 1 is 1.29 bits per heavy atom. The Bertz CT molecular complexity index is 195. The van der Waals surface area contributed by atoms with E-state index in [9.17, 15) is 4.79 Å². The molecule has 1 heterocycles. The van der Waals surface area contributed by atoms with E-state index in [-0.39, 0.29) is 5.92 Å². The lowest BCUT2D eigenvalue weighted by molar-refractivity contribution is -0.143. The van der Waals surface area contributed by atoms with Gasteiger partial charge in [-0.15, -0.1) is 0 Å². The first-order chi connectivity index (χ1) is 6.52. The van der Waals surface area contributed by atoms with E-state index in [2.05, 4.69) is 18.7 Å². The van der Waals surface area contributed by atoms with Gasteiger partial charge in [-0.1, -0.05) is 6.92 Å². The Labute approximate surface area is 86.1 Å². The zero-order valence-corrected chi connectivity index (χ0v) is 9.36. The van der Waals surface area contributed by atoms with Gasteiger partial charge in [0, 0.05) is 6.04 Å². The van der Waals surface area contributed by atoms with Gasteiger partial charge in [-0.3, -0.25) is 4.79 Å². The van der Waals surface area contributed by atoms with Gasteiger partial charge in [-0.25, -0.2) is 0 Å². The molecule has 1 saturated heterocycles. The molecule has 0 saturated carbocycles. The minimum atomic E-state index is -0.645. The van der Waals surface area contributed by atoms with Crippen molar-refractivity contribution in [1.29, 1.82) is 0 Å². The van der Waals surface area contributed by atoms with Crippen LogP contribution in [-0.2, 0) is 4.79 Å². The lowest BCUT2D eigenvalue weighted by Crippen LogP contribution is -2.40. The number of carbonyl (C=O) groups is 1. The fourth-order valence-electron chi connectivity index (χ4n) is 2.14. The van der Waals surface area contributed by atoms with E-state index >= 15 is 0 Å². The number of hydrogen-bond donors (Lipinski definition) is 1. The van der Waals surface area contributed by atoms with Crippen LogP contribution in [0.4, 0.5) is 0 Å². The van der Waals surface area contributed by atoms with Crippen molar-refractivity contribution in [1.82, 2.24) is 4.90 Å². The van der Waals surface area contributed by atoms with Crippen molar-refractivity contribution in [2.45, 2.75) is 39.7 Å². The molecule has 3 heteroatoms.